The third-order valence-electron chi connectivity index (χ3n) is 2.77. The molecule has 2 rings (SSSR count). The lowest BCUT2D eigenvalue weighted by molar-refractivity contribution is 0.407. The molecule has 2 aromatic heterocycles. The van der Waals surface area contributed by atoms with E-state index in [1.54, 1.807) is 18.4 Å². The lowest BCUT2D eigenvalue weighted by Crippen LogP contribution is -2.21. The van der Waals surface area contributed by atoms with Gasteiger partial charge in [0.25, 0.3) is 0 Å². The summed E-state index contributed by atoms with van der Waals surface area (Å²) >= 11 is 1.68. The van der Waals surface area contributed by atoms with Gasteiger partial charge < -0.3 is 14.6 Å². The zero-order valence-corrected chi connectivity index (χ0v) is 11.1. The maximum absolute atomic E-state index is 5.37. The van der Waals surface area contributed by atoms with Crippen molar-refractivity contribution in [1.29, 1.82) is 0 Å². The molecule has 2 heterocycles. The Bertz CT molecular complexity index is 435. The molecule has 0 aliphatic rings. The lowest BCUT2D eigenvalue weighted by Gasteiger charge is -2.17. The number of aromatic nitrogens is 2. The smallest absolute Gasteiger partial charge is 0.134 e. The van der Waals surface area contributed by atoms with Gasteiger partial charge >= 0.3 is 0 Å². The molecule has 17 heavy (non-hydrogen) atoms. The minimum atomic E-state index is 0.0832. The highest BCUT2D eigenvalue weighted by atomic mass is 32.1. The molecule has 0 aromatic carbocycles. The van der Waals surface area contributed by atoms with Gasteiger partial charge in [0.2, 0.25) is 0 Å². The topological polar surface area (TPSA) is 39.1 Å². The maximum Gasteiger partial charge on any atom is 0.134 e. The summed E-state index contributed by atoms with van der Waals surface area (Å²) in [6, 6.07) is 2.07. The summed E-state index contributed by atoms with van der Waals surface area (Å²) in [7, 11) is 3.64. The Morgan fingerprint density at radius 1 is 1.59 bits per heavy atom. The highest BCUT2D eigenvalue weighted by molar-refractivity contribution is 7.10. The van der Waals surface area contributed by atoms with Crippen LogP contribution in [-0.4, -0.2) is 23.7 Å². The van der Waals surface area contributed by atoms with E-state index in [0.29, 0.717) is 0 Å². The van der Waals surface area contributed by atoms with Crippen molar-refractivity contribution >= 4 is 11.3 Å². The second-order valence-electron chi connectivity index (χ2n) is 3.65. The zero-order chi connectivity index (χ0) is 12.3. The van der Waals surface area contributed by atoms with Crippen molar-refractivity contribution in [2.24, 2.45) is 0 Å². The van der Waals surface area contributed by atoms with Gasteiger partial charge in [-0.05, 0) is 25.4 Å². The first kappa shape index (κ1) is 12.1. The average molecular weight is 251 g/mol. The highest BCUT2D eigenvalue weighted by Crippen LogP contribution is 2.33. The van der Waals surface area contributed by atoms with Gasteiger partial charge in [-0.2, -0.15) is 0 Å². The van der Waals surface area contributed by atoms with E-state index >= 15 is 0 Å². The number of hydrogen-bond donors (Lipinski definition) is 1. The fraction of sp³-hybridized carbons (Fsp3) is 0.417. The van der Waals surface area contributed by atoms with Crippen molar-refractivity contribution in [2.45, 2.75) is 19.5 Å². The van der Waals surface area contributed by atoms with Crippen LogP contribution in [0.1, 0.15) is 23.7 Å². The lowest BCUT2D eigenvalue weighted by atomic mass is 10.2. The molecule has 2 aromatic rings. The first-order valence-corrected chi connectivity index (χ1v) is 6.49. The van der Waals surface area contributed by atoms with Crippen LogP contribution in [0, 0.1) is 0 Å². The molecule has 0 amide bonds. The highest BCUT2D eigenvalue weighted by Gasteiger charge is 2.21. The van der Waals surface area contributed by atoms with Crippen LogP contribution in [0.15, 0.2) is 23.8 Å². The van der Waals surface area contributed by atoms with Crippen LogP contribution >= 0.6 is 11.3 Å². The van der Waals surface area contributed by atoms with Crippen LogP contribution in [-0.2, 0) is 6.54 Å². The number of nitrogens with zero attached hydrogens (tertiary/aromatic N) is 2. The third kappa shape index (κ3) is 2.21. The van der Waals surface area contributed by atoms with E-state index in [0.717, 1.165) is 23.0 Å². The predicted molar refractivity (Wildman–Crippen MR) is 69.7 cm³/mol. The van der Waals surface area contributed by atoms with Gasteiger partial charge in [-0.15, -0.1) is 11.3 Å². The molecule has 5 heteroatoms. The summed E-state index contributed by atoms with van der Waals surface area (Å²) in [4.78, 5) is 5.60. The maximum atomic E-state index is 5.37. The zero-order valence-electron chi connectivity index (χ0n) is 10.3. The number of nitrogens with one attached hydrogen (secondary N) is 1. The van der Waals surface area contributed by atoms with Crippen LogP contribution in [0.3, 0.4) is 0 Å². The number of imidazole rings is 1. The van der Waals surface area contributed by atoms with E-state index in [2.05, 4.69) is 21.8 Å². The number of thiophene rings is 1. The molecule has 0 saturated heterocycles. The van der Waals surface area contributed by atoms with Crippen LogP contribution < -0.4 is 10.1 Å². The van der Waals surface area contributed by atoms with E-state index in [4.69, 9.17) is 4.74 Å². The molecule has 0 spiro atoms. The second kappa shape index (κ2) is 5.33. The standard InChI is InChI=1S/C12H17N3OS/c1-4-15-7-6-14-12(15)10(13-2)11-9(16-3)5-8-17-11/h5-8,10,13H,4H2,1-3H3. The number of aryl methyl sites for hydroxylation is 1. The van der Waals surface area contributed by atoms with Crippen molar-refractivity contribution in [2.75, 3.05) is 14.2 Å². The predicted octanol–water partition coefficient (Wildman–Crippen LogP) is 2.28. The quantitative estimate of drug-likeness (QED) is 0.886. The Labute approximate surface area is 105 Å². The normalized spacial score (nSPS) is 12.6. The molecule has 0 radical (unpaired) electrons. The van der Waals surface area contributed by atoms with E-state index < -0.39 is 0 Å². The van der Waals surface area contributed by atoms with Gasteiger partial charge in [0, 0.05) is 18.9 Å². The van der Waals surface area contributed by atoms with E-state index in [1.165, 1.54) is 0 Å². The Balaban J connectivity index is 2.40. The average Bonchev–Trinajstić information content (AvgIpc) is 2.98. The molecular formula is C12H17N3OS. The van der Waals surface area contributed by atoms with Crippen molar-refractivity contribution in [3.05, 3.63) is 34.5 Å². The molecule has 0 aliphatic carbocycles. The fourth-order valence-electron chi connectivity index (χ4n) is 1.91. The Kier molecular flexibility index (Phi) is 3.81. The van der Waals surface area contributed by atoms with Gasteiger partial charge in [0.15, 0.2) is 0 Å². The summed E-state index contributed by atoms with van der Waals surface area (Å²) in [6.45, 7) is 3.03. The first-order valence-electron chi connectivity index (χ1n) is 5.61. The van der Waals surface area contributed by atoms with Gasteiger partial charge in [-0.3, -0.25) is 0 Å². The summed E-state index contributed by atoms with van der Waals surface area (Å²) in [5, 5.41) is 5.34. The molecule has 1 N–H and O–H groups in total. The van der Waals surface area contributed by atoms with E-state index in [9.17, 15) is 0 Å². The monoisotopic (exact) mass is 251 g/mol. The Hall–Kier alpha value is -1.33. The molecule has 0 aliphatic heterocycles. The molecule has 0 fully saturated rings. The molecule has 0 bridgehead atoms. The molecule has 92 valence electrons. The first-order chi connectivity index (χ1) is 8.31. The minimum absolute atomic E-state index is 0.0832. The van der Waals surface area contributed by atoms with Gasteiger partial charge in [-0.25, -0.2) is 4.98 Å². The summed E-state index contributed by atoms with van der Waals surface area (Å²) in [5.41, 5.74) is 0. The van der Waals surface area contributed by atoms with Crippen molar-refractivity contribution in [3.8, 4) is 5.75 Å². The van der Waals surface area contributed by atoms with Crippen molar-refractivity contribution < 1.29 is 4.74 Å². The number of rotatable bonds is 5. The van der Waals surface area contributed by atoms with Gasteiger partial charge in [-0.1, -0.05) is 0 Å². The molecule has 0 saturated carbocycles. The summed E-state index contributed by atoms with van der Waals surface area (Å²) < 4.78 is 7.51. The summed E-state index contributed by atoms with van der Waals surface area (Å²) in [6.07, 6.45) is 3.84. The van der Waals surface area contributed by atoms with Crippen LogP contribution in [0.2, 0.25) is 0 Å². The second-order valence-corrected chi connectivity index (χ2v) is 4.59. The van der Waals surface area contributed by atoms with Gasteiger partial charge in [0.05, 0.1) is 12.0 Å². The third-order valence-corrected chi connectivity index (χ3v) is 3.74. The Morgan fingerprint density at radius 3 is 3.06 bits per heavy atom. The molecule has 4 nitrogen and oxygen atoms in total. The van der Waals surface area contributed by atoms with Crippen molar-refractivity contribution in [3.63, 3.8) is 0 Å². The largest absolute Gasteiger partial charge is 0.496 e. The minimum Gasteiger partial charge on any atom is -0.496 e. The van der Waals surface area contributed by atoms with Crippen molar-refractivity contribution in [1.82, 2.24) is 14.9 Å². The van der Waals surface area contributed by atoms with Crippen LogP contribution in [0.5, 0.6) is 5.75 Å². The SMILES string of the molecule is CCn1ccnc1C(NC)c1sccc1OC. The van der Waals surface area contributed by atoms with Crippen LogP contribution in [0.4, 0.5) is 0 Å². The molecular weight excluding hydrogens is 234 g/mol. The summed E-state index contributed by atoms with van der Waals surface area (Å²) in [5.74, 6) is 1.94. The van der Waals surface area contributed by atoms with E-state index in [1.807, 2.05) is 30.9 Å². The van der Waals surface area contributed by atoms with E-state index in [-0.39, 0.29) is 6.04 Å². The number of hydrogen-bond acceptors (Lipinski definition) is 4. The number of ether oxygens (including phenoxy) is 1. The fourth-order valence-corrected chi connectivity index (χ4v) is 2.88. The van der Waals surface area contributed by atoms with Gasteiger partial charge in [0.1, 0.15) is 17.6 Å². The Morgan fingerprint density at radius 2 is 2.41 bits per heavy atom. The molecule has 1 unspecified atom stereocenters. The molecule has 1 atom stereocenters. The number of methoxy groups -OCH3 is 1. The van der Waals surface area contributed by atoms with Crippen LogP contribution in [0.25, 0.3) is 0 Å².